The molecule has 0 saturated heterocycles. The first-order chi connectivity index (χ1) is 3.42. The zero-order valence-electron chi connectivity index (χ0n) is 8.93. The van der Waals surface area contributed by atoms with Crippen LogP contribution in [0.1, 0.15) is 5.71 Å². The second-order valence-corrected chi connectivity index (χ2v) is 3.21. The quantitative estimate of drug-likeness (QED) is 0.372. The van der Waals surface area contributed by atoms with Crippen LogP contribution in [-0.2, 0) is 8.78 Å². The second kappa shape index (κ2) is 8.46. The summed E-state index contributed by atoms with van der Waals surface area (Å²) in [5.41, 5.74) is 0. The molecule has 6 nitrogen and oxygen atoms in total. The summed E-state index contributed by atoms with van der Waals surface area (Å²) in [4.78, 5) is 32.9. The Balaban J connectivity index is -0.0000000163. The molecule has 1 unspecified atom stereocenters. The fourth-order valence-corrected chi connectivity index (χ4v) is 0.900. The Hall–Kier alpha value is 2.86. The van der Waals surface area contributed by atoms with Gasteiger partial charge >= 0.3 is 101 Å². The third-order valence-electron chi connectivity index (χ3n) is 0.197. The largest absolute Gasteiger partial charge is 2.00 e. The standard InChI is InChI=1S/Ca.H3O6PSi.Sr.4H/c;1-7(2)6-8(3,4)5;;;;;/h;3-5H;;;;;/q+2;;+2;4*-1. The van der Waals surface area contributed by atoms with Gasteiger partial charge in [0.15, 0.2) is 0 Å². The fraction of sp³-hybridized carbons (Fsp3) is 0. The Labute approximate surface area is 132 Å². The van der Waals surface area contributed by atoms with Gasteiger partial charge in [0.1, 0.15) is 0 Å². The normalized spacial score (nSPS) is 11.0. The van der Waals surface area contributed by atoms with E-state index in [4.69, 9.17) is 14.4 Å². The maximum atomic E-state index is 9.38. The van der Waals surface area contributed by atoms with Crippen molar-refractivity contribution in [2.45, 2.75) is 0 Å². The van der Waals surface area contributed by atoms with Crippen LogP contribution < -0.4 is 4.89 Å². The van der Waals surface area contributed by atoms with E-state index in [0.717, 1.165) is 0 Å². The van der Waals surface area contributed by atoms with Gasteiger partial charge in [-0.05, 0) is 4.57 Å². The molecule has 0 spiro atoms. The molecule has 10 heavy (non-hydrogen) atoms. The number of hydrogen-bond acceptors (Lipinski definition) is 6. The summed E-state index contributed by atoms with van der Waals surface area (Å²) in [5, 5.41) is 0. The summed E-state index contributed by atoms with van der Waals surface area (Å²) >= 11 is 0. The molecule has 0 heterocycles. The zero-order chi connectivity index (χ0) is 6.78. The molecule has 0 aromatic carbocycles. The van der Waals surface area contributed by atoms with E-state index in [0.29, 0.717) is 0 Å². The molecule has 0 rings (SSSR count). The number of rotatable bonds is 2. The van der Waals surface area contributed by atoms with Gasteiger partial charge in [-0.3, -0.25) is 0 Å². The minimum Gasteiger partial charge on any atom is -1.00 e. The van der Waals surface area contributed by atoms with Crippen molar-refractivity contribution in [1.82, 2.24) is 0 Å². The molecule has 3 N–H and O–H groups in total. The van der Waals surface area contributed by atoms with Gasteiger partial charge in [-0.25, -0.2) is 0 Å². The molecule has 56 valence electrons. The summed E-state index contributed by atoms with van der Waals surface area (Å²) < 4.78 is 12.6. The van der Waals surface area contributed by atoms with Crippen LogP contribution in [0.25, 0.3) is 0 Å². The minimum atomic E-state index is -4.82. The van der Waals surface area contributed by atoms with Gasteiger partial charge in [-0.1, -0.05) is 0 Å². The Morgan fingerprint density at radius 2 is 1.80 bits per heavy atom. The van der Waals surface area contributed by atoms with Crippen LogP contribution in [0.3, 0.4) is 0 Å². The first-order valence-corrected chi connectivity index (χ1v) is 4.27. The molecule has 0 aliphatic carbocycles. The molecule has 0 radical (unpaired) electrons. The maximum Gasteiger partial charge on any atom is 2.00 e. The van der Waals surface area contributed by atoms with E-state index in [1.807, 2.05) is 0 Å². The van der Waals surface area contributed by atoms with Gasteiger partial charge in [0, 0.05) is 0 Å². The molecule has 0 fully saturated rings. The summed E-state index contributed by atoms with van der Waals surface area (Å²) in [5.74, 6) is 0. The third kappa shape index (κ3) is 17.1. The Morgan fingerprint density at radius 3 is 1.80 bits per heavy atom. The van der Waals surface area contributed by atoms with Gasteiger partial charge in [0.2, 0.25) is 0 Å². The SMILES string of the molecule is O=[P+]([O-])O[Si](O)(O)O.[Ca+2].[H-].[H-].[H-].[H-].[Sr+2]. The monoisotopic (exact) mass is 290 g/mol. The average molecular weight is 290 g/mol. The summed E-state index contributed by atoms with van der Waals surface area (Å²) in [6.07, 6.45) is 0. The molecular weight excluding hydrogens is 283 g/mol. The van der Waals surface area contributed by atoms with E-state index in [2.05, 4.69) is 4.21 Å². The second-order valence-electron chi connectivity index (χ2n) is 0.889. The Morgan fingerprint density at radius 1 is 1.50 bits per heavy atom. The van der Waals surface area contributed by atoms with Crippen LogP contribution in [0.5, 0.6) is 0 Å². The molecule has 10 heteroatoms. The molecule has 0 bridgehead atoms. The van der Waals surface area contributed by atoms with Crippen LogP contribution in [-0.4, -0.2) is 107 Å². The Kier molecular flexibility index (Phi) is 15.7. The third-order valence-corrected chi connectivity index (χ3v) is 1.77. The van der Waals surface area contributed by atoms with Gasteiger partial charge in [-0.15, -0.1) is 4.21 Å². The van der Waals surface area contributed by atoms with Gasteiger partial charge < -0.3 is 25.0 Å². The smallest absolute Gasteiger partial charge is 1.00 e. The topological polar surface area (TPSA) is 110 Å². The van der Waals surface area contributed by atoms with Gasteiger partial charge in [0.25, 0.3) is 0 Å². The number of hydrogen-bond donors (Lipinski definition) is 3. The van der Waals surface area contributed by atoms with Crippen molar-refractivity contribution in [3.8, 4) is 0 Å². The van der Waals surface area contributed by atoms with Crippen LogP contribution in [0.15, 0.2) is 0 Å². The van der Waals surface area contributed by atoms with Crippen molar-refractivity contribution in [3.05, 3.63) is 0 Å². The predicted octanol–water partition coefficient (Wildman–Crippen LogP) is -2.88. The minimum absolute atomic E-state index is 0. The van der Waals surface area contributed by atoms with E-state index in [1.54, 1.807) is 0 Å². The molecular formula is H7CaO6PSiSr. The molecule has 0 aliphatic rings. The molecule has 0 saturated carbocycles. The van der Waals surface area contributed by atoms with Gasteiger partial charge in [-0.2, -0.15) is 0 Å². The molecule has 0 aromatic rings. The summed E-state index contributed by atoms with van der Waals surface area (Å²) in [6, 6.07) is 0. The van der Waals surface area contributed by atoms with Crippen molar-refractivity contribution >= 4 is 101 Å². The van der Waals surface area contributed by atoms with Crippen LogP contribution in [0.2, 0.25) is 0 Å². The van der Waals surface area contributed by atoms with Crippen LogP contribution in [0, 0.1) is 0 Å². The molecule has 0 aliphatic heterocycles. The molecule has 1 atom stereocenters. The summed E-state index contributed by atoms with van der Waals surface area (Å²) in [6.45, 7) is 0. The van der Waals surface area contributed by atoms with E-state index >= 15 is 0 Å². The van der Waals surface area contributed by atoms with Crippen molar-refractivity contribution < 1.29 is 33.8 Å². The van der Waals surface area contributed by atoms with E-state index in [-0.39, 0.29) is 88.9 Å². The van der Waals surface area contributed by atoms with Crippen molar-refractivity contribution in [2.75, 3.05) is 0 Å². The first kappa shape index (κ1) is 18.6. The Bertz CT molecular complexity index is 112. The van der Waals surface area contributed by atoms with E-state index in [1.165, 1.54) is 0 Å². The van der Waals surface area contributed by atoms with E-state index in [9.17, 15) is 9.46 Å². The van der Waals surface area contributed by atoms with E-state index < -0.39 is 17.3 Å². The van der Waals surface area contributed by atoms with Crippen molar-refractivity contribution in [2.24, 2.45) is 0 Å². The maximum absolute atomic E-state index is 9.38. The van der Waals surface area contributed by atoms with Crippen LogP contribution >= 0.6 is 8.25 Å². The van der Waals surface area contributed by atoms with Crippen LogP contribution in [0.4, 0.5) is 0 Å². The zero-order valence-corrected chi connectivity index (χ0v) is 12.5. The van der Waals surface area contributed by atoms with Crippen molar-refractivity contribution in [3.63, 3.8) is 0 Å². The molecule has 0 aromatic heterocycles. The first-order valence-electron chi connectivity index (χ1n) is 1.42. The predicted molar refractivity (Wildman–Crippen MR) is 37.1 cm³/mol. The van der Waals surface area contributed by atoms with Gasteiger partial charge in [0.05, 0.1) is 0 Å². The fourth-order valence-electron chi connectivity index (χ4n) is 0.100. The summed E-state index contributed by atoms with van der Waals surface area (Å²) in [7, 11) is -8.19. The molecule has 0 amide bonds. The average Bonchev–Trinajstić information content (AvgIpc) is 1.21. The van der Waals surface area contributed by atoms with Crippen molar-refractivity contribution in [1.29, 1.82) is 0 Å².